The van der Waals surface area contributed by atoms with Gasteiger partial charge in [-0.25, -0.2) is 0 Å². The molecule has 2 nitrogen and oxygen atoms in total. The molecule has 0 spiro atoms. The van der Waals surface area contributed by atoms with Crippen molar-refractivity contribution in [2.24, 2.45) is 0 Å². The van der Waals surface area contributed by atoms with Crippen molar-refractivity contribution >= 4 is 23.1 Å². The first-order chi connectivity index (χ1) is 7.95. The van der Waals surface area contributed by atoms with E-state index in [4.69, 9.17) is 4.74 Å². The van der Waals surface area contributed by atoms with Crippen LogP contribution in [0, 0.1) is 6.07 Å². The molecule has 2 rings (SSSR count). The Morgan fingerprint density at radius 1 is 1.11 bits per heavy atom. The van der Waals surface area contributed by atoms with Crippen LogP contribution in [0.3, 0.4) is 0 Å². The zero-order valence-electron chi connectivity index (χ0n) is 10.9. The maximum absolute atomic E-state index is 5.65. The molecule has 18 heavy (non-hydrogen) atoms. The van der Waals surface area contributed by atoms with Gasteiger partial charge in [0.1, 0.15) is 0 Å². The molecular formula is C14H20BrMgNO. The van der Waals surface area contributed by atoms with E-state index in [0.29, 0.717) is 0 Å². The number of benzene rings is 1. The molecule has 0 atom stereocenters. The second-order valence-corrected chi connectivity index (χ2v) is 4.34. The molecule has 4 heteroatoms. The summed E-state index contributed by atoms with van der Waals surface area (Å²) in [5.74, 6) is 0.956. The van der Waals surface area contributed by atoms with Crippen LogP contribution in [0.15, 0.2) is 24.3 Å². The largest absolute Gasteiger partial charge is 2.00 e. The Hall–Kier alpha value is 0.226. The van der Waals surface area contributed by atoms with Crippen LogP contribution in [0.5, 0.6) is 5.75 Å². The Balaban J connectivity index is 0.00000144. The van der Waals surface area contributed by atoms with Gasteiger partial charge in [-0.3, -0.25) is 0 Å². The van der Waals surface area contributed by atoms with Crippen LogP contribution in [0.2, 0.25) is 0 Å². The number of halogens is 1. The van der Waals surface area contributed by atoms with Gasteiger partial charge in [0.2, 0.25) is 0 Å². The summed E-state index contributed by atoms with van der Waals surface area (Å²) in [5, 5.41) is 0. The fourth-order valence-corrected chi connectivity index (χ4v) is 2.13. The molecule has 0 N–H and O–H groups in total. The summed E-state index contributed by atoms with van der Waals surface area (Å²) in [6, 6.07) is 10.7. The van der Waals surface area contributed by atoms with Crippen molar-refractivity contribution in [3.8, 4) is 5.75 Å². The van der Waals surface area contributed by atoms with Gasteiger partial charge in [-0.05, 0) is 32.4 Å². The molecule has 0 aromatic heterocycles. The van der Waals surface area contributed by atoms with Crippen LogP contribution in [0.1, 0.15) is 25.7 Å². The fraction of sp³-hybridized carbons (Fsp3) is 0.571. The van der Waals surface area contributed by atoms with Crippen LogP contribution in [-0.4, -0.2) is 54.2 Å². The molecule has 1 fully saturated rings. The van der Waals surface area contributed by atoms with Gasteiger partial charge >= 0.3 is 23.1 Å². The van der Waals surface area contributed by atoms with Crippen LogP contribution in [0.25, 0.3) is 0 Å². The Labute approximate surface area is 137 Å². The number of piperidine rings is 1. The zero-order chi connectivity index (χ0) is 11.1. The third-order valence-corrected chi connectivity index (χ3v) is 3.02. The van der Waals surface area contributed by atoms with E-state index in [1.54, 1.807) is 0 Å². The predicted octanol–water partition coefficient (Wildman–Crippen LogP) is -0.635. The van der Waals surface area contributed by atoms with Crippen molar-refractivity contribution in [2.45, 2.75) is 25.7 Å². The summed E-state index contributed by atoms with van der Waals surface area (Å²) in [6.07, 6.45) is 5.27. The van der Waals surface area contributed by atoms with Gasteiger partial charge < -0.3 is 26.6 Å². The Morgan fingerprint density at radius 2 is 1.78 bits per heavy atom. The second-order valence-electron chi connectivity index (χ2n) is 4.34. The molecule has 96 valence electrons. The molecule has 0 saturated carbocycles. The maximum Gasteiger partial charge on any atom is 2.00 e. The Morgan fingerprint density at radius 3 is 2.44 bits per heavy atom. The van der Waals surface area contributed by atoms with Gasteiger partial charge in [0, 0.05) is 12.3 Å². The zero-order valence-corrected chi connectivity index (χ0v) is 13.9. The summed E-state index contributed by atoms with van der Waals surface area (Å²) in [7, 11) is 0. The minimum atomic E-state index is 0. The quantitative estimate of drug-likeness (QED) is 0.406. The van der Waals surface area contributed by atoms with Crippen molar-refractivity contribution in [3.05, 3.63) is 30.3 Å². The van der Waals surface area contributed by atoms with E-state index in [0.717, 1.165) is 18.8 Å². The van der Waals surface area contributed by atoms with Crippen LogP contribution < -0.4 is 21.7 Å². The average molecular weight is 323 g/mol. The second kappa shape index (κ2) is 11.1. The molecule has 1 saturated heterocycles. The molecule has 1 aromatic carbocycles. The number of rotatable bonds is 5. The molecule has 0 bridgehead atoms. The molecular weight excluding hydrogens is 302 g/mol. The minimum absolute atomic E-state index is 0. The molecule has 1 aliphatic rings. The molecule has 0 aliphatic carbocycles. The van der Waals surface area contributed by atoms with E-state index >= 15 is 0 Å². The third-order valence-electron chi connectivity index (χ3n) is 3.02. The molecule has 0 radical (unpaired) electrons. The van der Waals surface area contributed by atoms with E-state index in [9.17, 15) is 0 Å². The average Bonchev–Trinajstić information content (AvgIpc) is 2.37. The summed E-state index contributed by atoms with van der Waals surface area (Å²) < 4.78 is 5.65. The number of nitrogens with zero attached hydrogens (tertiary/aromatic N) is 1. The summed E-state index contributed by atoms with van der Waals surface area (Å²) in [5.41, 5.74) is 0. The summed E-state index contributed by atoms with van der Waals surface area (Å²) in [4.78, 5) is 2.55. The fourth-order valence-electron chi connectivity index (χ4n) is 2.13. The van der Waals surface area contributed by atoms with Crippen molar-refractivity contribution in [1.29, 1.82) is 0 Å². The molecule has 0 amide bonds. The number of hydrogen-bond acceptors (Lipinski definition) is 2. The molecule has 1 aliphatic heterocycles. The normalized spacial score (nSPS) is 15.3. The number of ether oxygens (including phenoxy) is 1. The Kier molecular flexibility index (Phi) is 11.2. The topological polar surface area (TPSA) is 12.5 Å². The van der Waals surface area contributed by atoms with E-state index in [2.05, 4.69) is 11.0 Å². The number of hydrogen-bond donors (Lipinski definition) is 0. The van der Waals surface area contributed by atoms with Crippen molar-refractivity contribution in [2.75, 3.05) is 26.2 Å². The predicted molar refractivity (Wildman–Crippen MR) is 71.4 cm³/mol. The van der Waals surface area contributed by atoms with Gasteiger partial charge in [0.05, 0.1) is 6.61 Å². The van der Waals surface area contributed by atoms with Crippen molar-refractivity contribution < 1.29 is 21.7 Å². The third kappa shape index (κ3) is 6.97. The molecule has 1 aromatic rings. The van der Waals surface area contributed by atoms with Crippen molar-refractivity contribution in [1.82, 2.24) is 4.90 Å². The van der Waals surface area contributed by atoms with Gasteiger partial charge in [-0.2, -0.15) is 18.2 Å². The first-order valence-electron chi connectivity index (χ1n) is 6.26. The minimum Gasteiger partial charge on any atom is -1.00 e. The summed E-state index contributed by atoms with van der Waals surface area (Å²) >= 11 is 0. The van der Waals surface area contributed by atoms with Crippen LogP contribution in [0.4, 0.5) is 0 Å². The van der Waals surface area contributed by atoms with Crippen LogP contribution in [-0.2, 0) is 0 Å². The number of likely N-dealkylation sites (tertiary alicyclic amines) is 1. The van der Waals surface area contributed by atoms with Crippen LogP contribution >= 0.6 is 0 Å². The van der Waals surface area contributed by atoms with E-state index in [-0.39, 0.29) is 40.0 Å². The maximum atomic E-state index is 5.65. The van der Waals surface area contributed by atoms with E-state index in [1.807, 2.05) is 24.3 Å². The standard InChI is InChI=1S/C14H20NO.BrH.Mg/c1-3-8-14(9-4-1)16-13-7-12-15-10-5-2-6-11-15;;/h3-4,8-9H,2,5-7,10-13H2;1H;/q-1;;+2/p-1. The Bertz CT molecular complexity index is 291. The molecule has 1 heterocycles. The smallest absolute Gasteiger partial charge is 1.00 e. The van der Waals surface area contributed by atoms with Gasteiger partial charge in [-0.1, -0.05) is 6.42 Å². The van der Waals surface area contributed by atoms with Gasteiger partial charge in [0.15, 0.2) is 0 Å². The molecule has 0 unspecified atom stereocenters. The monoisotopic (exact) mass is 321 g/mol. The first-order valence-corrected chi connectivity index (χ1v) is 6.26. The van der Waals surface area contributed by atoms with Gasteiger partial charge in [0.25, 0.3) is 0 Å². The van der Waals surface area contributed by atoms with E-state index < -0.39 is 0 Å². The van der Waals surface area contributed by atoms with Gasteiger partial charge in [-0.15, -0.1) is 12.1 Å². The first kappa shape index (κ1) is 18.2. The van der Waals surface area contributed by atoms with Crippen molar-refractivity contribution in [3.63, 3.8) is 0 Å². The summed E-state index contributed by atoms with van der Waals surface area (Å²) in [6.45, 7) is 4.56. The van der Waals surface area contributed by atoms with E-state index in [1.165, 1.54) is 38.9 Å². The SMILES string of the molecule is [Br-].[Mg+2].[c-]1ccc(OCCCN2CCCCC2)cc1.